The lowest BCUT2D eigenvalue weighted by Crippen LogP contribution is -2.27. The van der Waals surface area contributed by atoms with E-state index in [2.05, 4.69) is 6.08 Å². The Balaban J connectivity index is 2.31. The van der Waals surface area contributed by atoms with Crippen LogP contribution in [-0.2, 0) is 16.0 Å². The molecule has 5 heteroatoms. The van der Waals surface area contributed by atoms with Crippen molar-refractivity contribution >= 4 is 23.5 Å². The van der Waals surface area contributed by atoms with Crippen LogP contribution in [0, 0.1) is 6.92 Å². The summed E-state index contributed by atoms with van der Waals surface area (Å²) in [6, 6.07) is 0. The predicted molar refractivity (Wildman–Crippen MR) is 112 cm³/mol. The molecule has 4 nitrogen and oxygen atoms in total. The largest absolute Gasteiger partial charge is 0.507 e. The van der Waals surface area contributed by atoms with Gasteiger partial charge in [0.15, 0.2) is 5.78 Å². The first-order chi connectivity index (χ1) is 13.0. The lowest BCUT2D eigenvalue weighted by atomic mass is 9.91. The van der Waals surface area contributed by atoms with E-state index in [0.717, 1.165) is 24.0 Å². The van der Waals surface area contributed by atoms with Crippen LogP contribution in [0.1, 0.15) is 57.2 Å². The summed E-state index contributed by atoms with van der Waals surface area (Å²) in [4.78, 5) is 13.0. The number of ether oxygens (including phenoxy) is 1. The SMILES string of the molecule is C/C1=C\Cc2c(O)c(Cl)c(C)c(c2O)C=C2C(=O)C(C)(C)O[C@@H]2/C(C)=C/CC1. The standard InChI is InChI=1S/C23H27ClO4/c1-12-7-6-8-13(2)21-17(22(27)23(4,5)28-21)11-16-14(3)18(24)20(26)15(10-9-12)19(16)25/h8-9,11,21,25-26H,6-7,10H2,1-5H3/b12-9+,13-8+,17-11?/t21-/m1/s1. The molecular weight excluding hydrogens is 376 g/mol. The van der Waals surface area contributed by atoms with E-state index in [0.29, 0.717) is 28.7 Å². The van der Waals surface area contributed by atoms with Crippen LogP contribution in [0.5, 0.6) is 11.5 Å². The summed E-state index contributed by atoms with van der Waals surface area (Å²) in [5, 5.41) is 21.6. The number of hydrogen-bond donors (Lipinski definition) is 2. The highest BCUT2D eigenvalue weighted by Gasteiger charge is 2.45. The molecule has 0 aromatic heterocycles. The van der Waals surface area contributed by atoms with Gasteiger partial charge in [-0.05, 0) is 71.1 Å². The van der Waals surface area contributed by atoms with Gasteiger partial charge < -0.3 is 14.9 Å². The summed E-state index contributed by atoms with van der Waals surface area (Å²) < 4.78 is 6.08. The molecule has 2 aliphatic rings. The van der Waals surface area contributed by atoms with Crippen molar-refractivity contribution in [2.24, 2.45) is 0 Å². The summed E-state index contributed by atoms with van der Waals surface area (Å²) in [6.45, 7) is 9.23. The van der Waals surface area contributed by atoms with Crippen LogP contribution < -0.4 is 0 Å². The van der Waals surface area contributed by atoms with Gasteiger partial charge in [0.25, 0.3) is 0 Å². The van der Waals surface area contributed by atoms with Crippen LogP contribution in [0.2, 0.25) is 5.02 Å². The number of Topliss-reactive ketones (excluding diaryl/α,β-unsaturated/α-hetero) is 1. The van der Waals surface area contributed by atoms with Crippen LogP contribution in [-0.4, -0.2) is 27.7 Å². The van der Waals surface area contributed by atoms with E-state index in [1.807, 2.05) is 19.9 Å². The van der Waals surface area contributed by atoms with Crippen molar-refractivity contribution in [3.8, 4) is 11.5 Å². The summed E-state index contributed by atoms with van der Waals surface area (Å²) in [7, 11) is 0. The Bertz CT molecular complexity index is 935. The molecule has 1 saturated heterocycles. The molecule has 0 spiro atoms. The number of phenolic OH excluding ortho intramolecular Hbond substituents is 2. The van der Waals surface area contributed by atoms with Crippen LogP contribution in [0.3, 0.4) is 0 Å². The number of carbonyl (C=O) groups is 1. The Kier molecular flexibility index (Phi) is 5.48. The van der Waals surface area contributed by atoms with Gasteiger partial charge in [-0.3, -0.25) is 4.79 Å². The van der Waals surface area contributed by atoms with Crippen molar-refractivity contribution in [3.05, 3.63) is 50.6 Å². The van der Waals surface area contributed by atoms with Gasteiger partial charge >= 0.3 is 0 Å². The lowest BCUT2D eigenvalue weighted by molar-refractivity contribution is -0.128. The molecule has 28 heavy (non-hydrogen) atoms. The number of halogens is 1. The molecule has 0 unspecified atom stereocenters. The fraction of sp³-hybridized carbons (Fsp3) is 0.435. The predicted octanol–water partition coefficient (Wildman–Crippen LogP) is 5.42. The topological polar surface area (TPSA) is 66.8 Å². The van der Waals surface area contributed by atoms with E-state index >= 15 is 0 Å². The van der Waals surface area contributed by atoms with Crippen molar-refractivity contribution < 1.29 is 19.7 Å². The summed E-state index contributed by atoms with van der Waals surface area (Å²) >= 11 is 6.36. The van der Waals surface area contributed by atoms with Crippen LogP contribution in [0.25, 0.3) is 6.08 Å². The molecule has 0 saturated carbocycles. The maximum absolute atomic E-state index is 13.0. The molecule has 1 aliphatic heterocycles. The van der Waals surface area contributed by atoms with E-state index in [1.54, 1.807) is 26.8 Å². The Morgan fingerprint density at radius 2 is 1.82 bits per heavy atom. The van der Waals surface area contributed by atoms with Crippen molar-refractivity contribution in [1.82, 2.24) is 0 Å². The molecule has 2 N–H and O–H groups in total. The molecule has 1 aromatic carbocycles. The number of ketones is 1. The minimum absolute atomic E-state index is 0.0481. The van der Waals surface area contributed by atoms with Gasteiger partial charge in [0.1, 0.15) is 23.2 Å². The van der Waals surface area contributed by atoms with Gasteiger partial charge in [0, 0.05) is 16.7 Å². The normalized spacial score (nSPS) is 26.0. The average molecular weight is 403 g/mol. The van der Waals surface area contributed by atoms with Crippen molar-refractivity contribution in [2.75, 3.05) is 0 Å². The smallest absolute Gasteiger partial charge is 0.193 e. The Labute approximate surface area is 171 Å². The minimum atomic E-state index is -0.939. The van der Waals surface area contributed by atoms with Crippen LogP contribution in [0.15, 0.2) is 28.9 Å². The second kappa shape index (κ2) is 7.41. The molecule has 0 radical (unpaired) electrons. The molecule has 1 aliphatic carbocycles. The second-order valence-electron chi connectivity index (χ2n) is 8.21. The van der Waals surface area contributed by atoms with Gasteiger partial charge in [-0.2, -0.15) is 0 Å². The van der Waals surface area contributed by atoms with E-state index in [4.69, 9.17) is 16.3 Å². The maximum atomic E-state index is 13.0. The van der Waals surface area contributed by atoms with Crippen LogP contribution >= 0.6 is 11.6 Å². The van der Waals surface area contributed by atoms with Gasteiger partial charge in [0.2, 0.25) is 0 Å². The zero-order valence-corrected chi connectivity index (χ0v) is 17.8. The number of phenols is 2. The Morgan fingerprint density at radius 1 is 1.14 bits per heavy atom. The van der Waals surface area contributed by atoms with E-state index in [-0.39, 0.29) is 22.3 Å². The van der Waals surface area contributed by atoms with Crippen molar-refractivity contribution in [3.63, 3.8) is 0 Å². The second-order valence-corrected chi connectivity index (χ2v) is 8.58. The first-order valence-corrected chi connectivity index (χ1v) is 9.91. The quantitative estimate of drug-likeness (QED) is 0.568. The number of aromatic hydroxyl groups is 2. The molecule has 1 heterocycles. The molecule has 150 valence electrons. The highest BCUT2D eigenvalue weighted by Crippen LogP contribution is 2.44. The van der Waals surface area contributed by atoms with E-state index < -0.39 is 11.7 Å². The summed E-state index contributed by atoms with van der Waals surface area (Å²) in [5.41, 5.74) is 3.02. The number of benzene rings is 1. The minimum Gasteiger partial charge on any atom is -0.507 e. The van der Waals surface area contributed by atoms with Gasteiger partial charge in [0.05, 0.1) is 5.02 Å². The van der Waals surface area contributed by atoms with Gasteiger partial charge in [-0.1, -0.05) is 29.3 Å². The Morgan fingerprint density at radius 3 is 2.50 bits per heavy atom. The summed E-state index contributed by atoms with van der Waals surface area (Å²) in [5.74, 6) is -0.273. The molecule has 3 rings (SSSR count). The number of carbonyl (C=O) groups excluding carboxylic acids is 1. The third-order valence-electron chi connectivity index (χ3n) is 5.64. The zero-order chi connectivity index (χ0) is 20.8. The molecule has 1 atom stereocenters. The summed E-state index contributed by atoms with van der Waals surface area (Å²) in [6.07, 6.45) is 7.33. The van der Waals surface area contributed by atoms with Crippen molar-refractivity contribution in [1.29, 1.82) is 0 Å². The monoisotopic (exact) mass is 402 g/mol. The number of allylic oxidation sites excluding steroid dienone is 3. The fourth-order valence-electron chi connectivity index (χ4n) is 3.78. The first kappa shape index (κ1) is 20.7. The average Bonchev–Trinajstić information content (AvgIpc) is 2.86. The maximum Gasteiger partial charge on any atom is 0.193 e. The molecule has 2 bridgehead atoms. The third kappa shape index (κ3) is 3.51. The van der Waals surface area contributed by atoms with Crippen molar-refractivity contribution in [2.45, 2.75) is 65.6 Å². The van der Waals surface area contributed by atoms with E-state index in [1.165, 1.54) is 0 Å². The van der Waals surface area contributed by atoms with Gasteiger partial charge in [-0.15, -0.1) is 0 Å². The van der Waals surface area contributed by atoms with Crippen LogP contribution in [0.4, 0.5) is 0 Å². The highest BCUT2D eigenvalue weighted by molar-refractivity contribution is 6.33. The number of hydrogen-bond acceptors (Lipinski definition) is 4. The lowest BCUT2D eigenvalue weighted by Gasteiger charge is -2.17. The number of rotatable bonds is 0. The molecule has 1 aromatic rings. The molecular formula is C23H27ClO4. The molecule has 0 amide bonds. The van der Waals surface area contributed by atoms with E-state index in [9.17, 15) is 15.0 Å². The Hall–Kier alpha value is -2.04. The van der Waals surface area contributed by atoms with Gasteiger partial charge in [-0.25, -0.2) is 0 Å². The highest BCUT2D eigenvalue weighted by atomic mass is 35.5. The number of fused-ring (bicyclic) bond motifs is 3. The molecule has 1 fully saturated rings. The first-order valence-electron chi connectivity index (χ1n) is 9.54. The fourth-order valence-corrected chi connectivity index (χ4v) is 3.99. The zero-order valence-electron chi connectivity index (χ0n) is 17.0. The third-order valence-corrected chi connectivity index (χ3v) is 6.11.